The van der Waals surface area contributed by atoms with Crippen molar-refractivity contribution in [1.82, 2.24) is 15.3 Å². The van der Waals surface area contributed by atoms with Crippen molar-refractivity contribution in [3.05, 3.63) is 54.6 Å². The summed E-state index contributed by atoms with van der Waals surface area (Å²) in [7, 11) is 0. The molecular weight excluding hydrogens is 366 g/mol. The van der Waals surface area contributed by atoms with Crippen molar-refractivity contribution in [1.29, 1.82) is 0 Å². The van der Waals surface area contributed by atoms with Crippen LogP contribution >= 0.6 is 11.8 Å². The van der Waals surface area contributed by atoms with E-state index in [1.807, 2.05) is 54.6 Å². The van der Waals surface area contributed by atoms with E-state index in [0.29, 0.717) is 23.5 Å². The van der Waals surface area contributed by atoms with Crippen molar-refractivity contribution < 1.29 is 4.79 Å². The molecule has 2 atom stereocenters. The van der Waals surface area contributed by atoms with Gasteiger partial charge in [-0.15, -0.1) is 0 Å². The minimum atomic E-state index is 0.0905. The van der Waals surface area contributed by atoms with Crippen molar-refractivity contribution in [2.45, 2.75) is 43.7 Å². The summed E-state index contributed by atoms with van der Waals surface area (Å²) in [5.74, 6) is 1.72. The van der Waals surface area contributed by atoms with Crippen LogP contribution in [0.4, 0.5) is 0 Å². The number of aromatic nitrogens is 2. The van der Waals surface area contributed by atoms with Gasteiger partial charge in [-0.2, -0.15) is 0 Å². The topological polar surface area (TPSA) is 54.9 Å². The number of para-hydroxylation sites is 1. The number of hydrogen-bond acceptors (Lipinski definition) is 4. The first-order valence-corrected chi connectivity index (χ1v) is 10.9. The standard InChI is InChI=1S/C23H25N3OS/c1-16-9-5-7-13-19(16)24-21(27)15-28-23-18-12-6-8-14-20(18)25-22(26-23)17-10-3-2-4-11-17/h2-4,6,8,10-12,14,16,19H,5,7,9,13,15H2,1H3,(H,24,27)/t16-,19-/m1/s1. The molecule has 0 saturated heterocycles. The number of carbonyl (C=O) groups is 1. The Morgan fingerprint density at radius 2 is 1.79 bits per heavy atom. The second kappa shape index (κ2) is 8.74. The van der Waals surface area contributed by atoms with Crippen LogP contribution < -0.4 is 5.32 Å². The molecular formula is C23H25N3OS. The number of nitrogens with one attached hydrogen (secondary N) is 1. The van der Waals surface area contributed by atoms with Gasteiger partial charge >= 0.3 is 0 Å². The second-order valence-corrected chi connectivity index (χ2v) is 8.42. The summed E-state index contributed by atoms with van der Waals surface area (Å²) < 4.78 is 0. The molecule has 0 unspecified atom stereocenters. The molecule has 1 aromatic heterocycles. The molecule has 2 aromatic carbocycles. The van der Waals surface area contributed by atoms with Crippen LogP contribution in [0.15, 0.2) is 59.6 Å². The Balaban J connectivity index is 1.53. The number of benzene rings is 2. The van der Waals surface area contributed by atoms with E-state index in [0.717, 1.165) is 27.9 Å². The summed E-state index contributed by atoms with van der Waals surface area (Å²) in [6, 6.07) is 18.3. The average Bonchev–Trinajstić information content (AvgIpc) is 2.74. The molecule has 144 valence electrons. The largest absolute Gasteiger partial charge is 0.352 e. The molecule has 0 aliphatic heterocycles. The molecule has 0 radical (unpaired) electrons. The summed E-state index contributed by atoms with van der Waals surface area (Å²) in [5.41, 5.74) is 1.88. The number of fused-ring (bicyclic) bond motifs is 1. The lowest BCUT2D eigenvalue weighted by atomic mass is 9.86. The molecule has 1 aliphatic carbocycles. The molecule has 0 bridgehead atoms. The van der Waals surface area contributed by atoms with E-state index in [-0.39, 0.29) is 5.91 Å². The lowest BCUT2D eigenvalue weighted by Crippen LogP contribution is -2.41. The van der Waals surface area contributed by atoms with Gasteiger partial charge in [-0.25, -0.2) is 9.97 Å². The molecule has 0 spiro atoms. The zero-order chi connectivity index (χ0) is 19.3. The third kappa shape index (κ3) is 4.36. The highest BCUT2D eigenvalue weighted by Crippen LogP contribution is 2.29. The van der Waals surface area contributed by atoms with Crippen LogP contribution in [-0.2, 0) is 4.79 Å². The summed E-state index contributed by atoms with van der Waals surface area (Å²) in [5, 5.41) is 5.08. The van der Waals surface area contributed by atoms with Gasteiger partial charge in [0.2, 0.25) is 5.91 Å². The highest BCUT2D eigenvalue weighted by molar-refractivity contribution is 8.00. The fourth-order valence-electron chi connectivity index (χ4n) is 3.79. The minimum absolute atomic E-state index is 0.0905. The van der Waals surface area contributed by atoms with Gasteiger partial charge in [0, 0.05) is 17.0 Å². The molecule has 28 heavy (non-hydrogen) atoms. The van der Waals surface area contributed by atoms with E-state index in [4.69, 9.17) is 9.97 Å². The Hall–Kier alpha value is -2.40. The first kappa shape index (κ1) is 18.9. The Labute approximate surface area is 170 Å². The highest BCUT2D eigenvalue weighted by Gasteiger charge is 2.23. The number of rotatable bonds is 5. The van der Waals surface area contributed by atoms with Crippen LogP contribution in [0.3, 0.4) is 0 Å². The van der Waals surface area contributed by atoms with Gasteiger partial charge in [0.25, 0.3) is 0 Å². The number of nitrogens with zero attached hydrogens (tertiary/aromatic N) is 2. The van der Waals surface area contributed by atoms with E-state index in [2.05, 4.69) is 12.2 Å². The van der Waals surface area contributed by atoms with Crippen LogP contribution in [0.5, 0.6) is 0 Å². The molecule has 1 amide bonds. The molecule has 4 nitrogen and oxygen atoms in total. The number of thioether (sulfide) groups is 1. The summed E-state index contributed by atoms with van der Waals surface area (Å²) in [6.07, 6.45) is 4.78. The van der Waals surface area contributed by atoms with Crippen LogP contribution in [0.1, 0.15) is 32.6 Å². The molecule has 3 aromatic rings. The molecule has 1 aliphatic rings. The van der Waals surface area contributed by atoms with Crippen molar-refractivity contribution in [2.24, 2.45) is 5.92 Å². The quantitative estimate of drug-likeness (QED) is 0.486. The van der Waals surface area contributed by atoms with Crippen molar-refractivity contribution in [2.75, 3.05) is 5.75 Å². The van der Waals surface area contributed by atoms with E-state index in [1.54, 1.807) is 0 Å². The zero-order valence-electron chi connectivity index (χ0n) is 16.1. The minimum Gasteiger partial charge on any atom is -0.352 e. The monoisotopic (exact) mass is 391 g/mol. The Morgan fingerprint density at radius 1 is 1.04 bits per heavy atom. The third-order valence-electron chi connectivity index (χ3n) is 5.40. The van der Waals surface area contributed by atoms with Gasteiger partial charge in [-0.3, -0.25) is 4.79 Å². The normalized spacial score (nSPS) is 19.5. The number of carbonyl (C=O) groups excluding carboxylic acids is 1. The highest BCUT2D eigenvalue weighted by atomic mass is 32.2. The molecule has 4 rings (SSSR count). The maximum absolute atomic E-state index is 12.5. The smallest absolute Gasteiger partial charge is 0.230 e. The maximum Gasteiger partial charge on any atom is 0.230 e. The maximum atomic E-state index is 12.5. The third-order valence-corrected chi connectivity index (χ3v) is 6.39. The van der Waals surface area contributed by atoms with Gasteiger partial charge in [0.05, 0.1) is 11.3 Å². The first-order valence-electron chi connectivity index (χ1n) is 9.95. The number of hydrogen-bond donors (Lipinski definition) is 1. The second-order valence-electron chi connectivity index (χ2n) is 7.46. The van der Waals surface area contributed by atoms with Crippen molar-refractivity contribution in [3.63, 3.8) is 0 Å². The van der Waals surface area contributed by atoms with Crippen molar-refractivity contribution in [3.8, 4) is 11.4 Å². The fourth-order valence-corrected chi connectivity index (χ4v) is 4.62. The van der Waals surface area contributed by atoms with E-state index < -0.39 is 0 Å². The molecule has 1 heterocycles. The van der Waals surface area contributed by atoms with Gasteiger partial charge in [0.15, 0.2) is 5.82 Å². The summed E-state index contributed by atoms with van der Waals surface area (Å²) in [4.78, 5) is 22.0. The van der Waals surface area contributed by atoms with Gasteiger partial charge < -0.3 is 5.32 Å². The van der Waals surface area contributed by atoms with Crippen LogP contribution in [0.2, 0.25) is 0 Å². The lowest BCUT2D eigenvalue weighted by Gasteiger charge is -2.29. The number of amides is 1. The van der Waals surface area contributed by atoms with E-state index in [9.17, 15) is 4.79 Å². The van der Waals surface area contributed by atoms with Gasteiger partial charge in [0.1, 0.15) is 5.03 Å². The Morgan fingerprint density at radius 3 is 2.61 bits per heavy atom. The average molecular weight is 392 g/mol. The molecule has 1 saturated carbocycles. The Kier molecular flexibility index (Phi) is 5.91. The first-order chi connectivity index (χ1) is 13.7. The Bertz CT molecular complexity index is 960. The van der Waals surface area contributed by atoms with Crippen molar-refractivity contribution >= 4 is 28.6 Å². The SMILES string of the molecule is C[C@@H]1CCCC[C@H]1NC(=O)CSc1nc(-c2ccccc2)nc2ccccc12. The van der Waals surface area contributed by atoms with Crippen LogP contribution in [0.25, 0.3) is 22.3 Å². The van der Waals surface area contributed by atoms with Crippen LogP contribution in [-0.4, -0.2) is 27.7 Å². The summed E-state index contributed by atoms with van der Waals surface area (Å²) in [6.45, 7) is 2.24. The summed E-state index contributed by atoms with van der Waals surface area (Å²) >= 11 is 1.49. The molecule has 1 fully saturated rings. The lowest BCUT2D eigenvalue weighted by molar-refractivity contribution is -0.119. The molecule has 1 N–H and O–H groups in total. The zero-order valence-corrected chi connectivity index (χ0v) is 16.9. The van der Waals surface area contributed by atoms with Gasteiger partial charge in [-0.1, -0.05) is 80.1 Å². The predicted octanol–water partition coefficient (Wildman–Crippen LogP) is 5.08. The predicted molar refractivity (Wildman–Crippen MR) is 115 cm³/mol. The van der Waals surface area contributed by atoms with Gasteiger partial charge in [-0.05, 0) is 24.8 Å². The molecule has 5 heteroatoms. The van der Waals surface area contributed by atoms with Crippen LogP contribution in [0, 0.1) is 5.92 Å². The van der Waals surface area contributed by atoms with E-state index in [1.165, 1.54) is 31.0 Å². The fraction of sp³-hybridized carbons (Fsp3) is 0.348. The van der Waals surface area contributed by atoms with E-state index >= 15 is 0 Å².